The molecule has 9 heteroatoms. The second-order valence-corrected chi connectivity index (χ2v) is 8.69. The monoisotopic (exact) mass is 532 g/mol. The third-order valence-electron chi connectivity index (χ3n) is 6.16. The van der Waals surface area contributed by atoms with Crippen LogP contribution < -0.4 is 9.47 Å². The molecule has 0 amide bonds. The molecule has 1 aromatic heterocycles. The molecule has 37 heavy (non-hydrogen) atoms. The number of ether oxygens (including phenoxy) is 2. The van der Waals surface area contributed by atoms with Crippen LogP contribution in [-0.4, -0.2) is 39.5 Å². The van der Waals surface area contributed by atoms with Gasteiger partial charge in [0.15, 0.2) is 11.5 Å². The van der Waals surface area contributed by atoms with E-state index in [1.807, 2.05) is 0 Å². The van der Waals surface area contributed by atoms with E-state index < -0.39 is 138 Å². The lowest BCUT2D eigenvalue weighted by Crippen LogP contribution is -2.26. The van der Waals surface area contributed by atoms with Crippen molar-refractivity contribution in [1.82, 2.24) is 4.57 Å². The topological polar surface area (TPSA) is 80.9 Å². The van der Waals surface area contributed by atoms with Gasteiger partial charge in [-0.15, -0.1) is 8.78 Å². The number of hydrogen-bond donors (Lipinski definition) is 2. The number of fused-ring (bicyclic) bond motifs is 2. The van der Waals surface area contributed by atoms with Crippen molar-refractivity contribution in [3.63, 3.8) is 0 Å². The molecule has 1 fully saturated rings. The predicted octanol–water partition coefficient (Wildman–Crippen LogP) is 4.99. The molecule has 2 atom stereocenters. The first kappa shape index (κ1) is 13.2. The van der Waals surface area contributed by atoms with Gasteiger partial charge >= 0.3 is 6.29 Å². The van der Waals surface area contributed by atoms with Gasteiger partial charge in [-0.3, -0.25) is 4.79 Å². The molecule has 2 heterocycles. The van der Waals surface area contributed by atoms with Crippen LogP contribution in [0.15, 0.2) is 36.3 Å². The second-order valence-electron chi connectivity index (χ2n) is 8.69. The van der Waals surface area contributed by atoms with Crippen molar-refractivity contribution < 1.29 is 58.2 Å². The number of aliphatic hydroxyl groups is 2. The van der Waals surface area contributed by atoms with Crippen molar-refractivity contribution in [2.75, 3.05) is 6.56 Å². The lowest BCUT2D eigenvalue weighted by atomic mass is 9.86. The molecule has 1 aliphatic heterocycles. The number of carbonyl (C=O) groups excluding carboxylic acids is 1. The van der Waals surface area contributed by atoms with E-state index in [4.69, 9.17) is 20.6 Å². The molecule has 2 N–H and O–H groups in total. The highest BCUT2D eigenvalue weighted by Gasteiger charge is 2.52. The summed E-state index contributed by atoms with van der Waals surface area (Å²) < 4.78 is 177. The Morgan fingerprint density at radius 2 is 2.08 bits per heavy atom. The molecule has 3 aromatic rings. The van der Waals surface area contributed by atoms with Crippen molar-refractivity contribution in [1.29, 1.82) is 0 Å². The van der Waals surface area contributed by atoms with E-state index in [1.54, 1.807) is 0 Å². The average molecular weight is 533 g/mol. The van der Waals surface area contributed by atoms with Gasteiger partial charge < -0.3 is 24.3 Å². The molecule has 6 nitrogen and oxygen atoms in total. The molecule has 0 radical (unpaired) electrons. The molecular formula is C28H30F3NO5. The minimum atomic E-state index is -4.14. The Kier molecular flexibility index (Phi) is 3.12. The third kappa shape index (κ3) is 4.48. The van der Waals surface area contributed by atoms with Gasteiger partial charge in [0.25, 0.3) is 0 Å². The summed E-state index contributed by atoms with van der Waals surface area (Å²) in [6, 6.07) is -1.04. The Hall–Kier alpha value is -3.04. The van der Waals surface area contributed by atoms with E-state index in [1.165, 1.54) is 0 Å². The normalized spacial score (nSPS) is 30.2. The third-order valence-corrected chi connectivity index (χ3v) is 6.16. The standard InChI is InChI=1S/C28H30F3NO5/c1-4-26(2,3)24-10-17-9-16(20(29)13-21(17)32(24)14-19(34)15-33)11-25(35)27(7-8-27)18-5-6-22-23(12-18)37-28(30,31)36-22/h5-6,9-10,12-13,19,33-34H,4,7-8,11,14-15H2,1-3H3/t19-/m0/s1/i2D3,4D2,7D2,8D2,9D,10D,13D,15D2,19D/t19-,26?. The highest BCUT2D eigenvalue weighted by atomic mass is 19.3. The lowest BCUT2D eigenvalue weighted by Gasteiger charge is -2.26. The van der Waals surface area contributed by atoms with Crippen LogP contribution in [0.25, 0.3) is 10.9 Å². The summed E-state index contributed by atoms with van der Waals surface area (Å²) in [5, 5.41) is 19.7. The number of benzene rings is 2. The van der Waals surface area contributed by atoms with Gasteiger partial charge in [-0.05, 0) is 60.5 Å². The number of hydrogen-bond acceptors (Lipinski definition) is 5. The maximum atomic E-state index is 16.3. The number of aromatic nitrogens is 1. The van der Waals surface area contributed by atoms with Gasteiger partial charge in [0.1, 0.15) is 11.6 Å². The number of carbonyl (C=O) groups is 1. The first-order valence-electron chi connectivity index (χ1n) is 18.3. The fourth-order valence-corrected chi connectivity index (χ4v) is 4.06. The minimum absolute atomic E-state index is 0.378. The van der Waals surface area contributed by atoms with Gasteiger partial charge in [0.2, 0.25) is 0 Å². The summed E-state index contributed by atoms with van der Waals surface area (Å²) >= 11 is 0. The fraction of sp³-hybridized carbons (Fsp3) is 0.464. The largest absolute Gasteiger partial charge is 0.586 e. The van der Waals surface area contributed by atoms with Gasteiger partial charge in [0, 0.05) is 35.3 Å². The molecule has 2 aromatic carbocycles. The molecule has 0 bridgehead atoms. The van der Waals surface area contributed by atoms with Crippen molar-refractivity contribution in [3.8, 4) is 11.5 Å². The van der Waals surface area contributed by atoms with Gasteiger partial charge in [-0.25, -0.2) is 4.39 Å². The van der Waals surface area contributed by atoms with Crippen LogP contribution in [0, 0.1) is 5.82 Å². The fourth-order valence-electron chi connectivity index (χ4n) is 4.06. The van der Waals surface area contributed by atoms with E-state index in [2.05, 4.69) is 9.47 Å². The first-order valence-corrected chi connectivity index (χ1v) is 10.8. The molecule has 2 aliphatic rings. The molecule has 1 aliphatic carbocycles. The second kappa shape index (κ2) is 8.77. The molecule has 198 valence electrons. The predicted molar refractivity (Wildman–Crippen MR) is 131 cm³/mol. The molecular weight excluding hydrogens is 487 g/mol. The van der Waals surface area contributed by atoms with E-state index in [9.17, 15) is 23.8 Å². The summed E-state index contributed by atoms with van der Waals surface area (Å²) in [5.74, 6) is -4.41. The van der Waals surface area contributed by atoms with Gasteiger partial charge in [-0.2, -0.15) is 0 Å². The van der Waals surface area contributed by atoms with E-state index in [0.717, 1.165) is 32.0 Å². The Morgan fingerprint density at radius 1 is 1.35 bits per heavy atom. The average Bonchev–Trinajstić information content (AvgIpc) is 3.20. The van der Waals surface area contributed by atoms with Gasteiger partial charge in [0.05, 0.1) is 38.3 Å². The SMILES string of the molecule is [2H]c1c(CC(=O)C2(c3ccc4c(c3)OC(F)(F)O4)C([2H])([2H])C2([2H])[2H])c(F)c([2H])c2c1c([2H])c(C(C)(C([2H])([2H])[2H])C([2H])([2H])C)n2C[C@]([2H])(O)C([2H])([2H])O. The number of alkyl halides is 2. The van der Waals surface area contributed by atoms with Crippen LogP contribution in [0.2, 0.25) is 0 Å². The Bertz CT molecular complexity index is 1990. The first-order chi connectivity index (χ1) is 23.2. The van der Waals surface area contributed by atoms with E-state index >= 15 is 4.39 Å². The minimum Gasteiger partial charge on any atom is -0.395 e. The highest BCUT2D eigenvalue weighted by molar-refractivity contribution is 5.95. The summed E-state index contributed by atoms with van der Waals surface area (Å²) in [4.78, 5) is 14.1. The zero-order valence-electron chi connectivity index (χ0n) is 34.3. The smallest absolute Gasteiger partial charge is 0.395 e. The van der Waals surface area contributed by atoms with Crippen LogP contribution in [0.5, 0.6) is 11.5 Å². The van der Waals surface area contributed by atoms with Crippen LogP contribution in [0.1, 0.15) is 77.2 Å². The molecule has 5 rings (SSSR count). The summed E-state index contributed by atoms with van der Waals surface area (Å²) in [6.07, 6.45) is -18.1. The molecule has 1 saturated carbocycles. The van der Waals surface area contributed by atoms with Crippen molar-refractivity contribution in [2.24, 2.45) is 0 Å². The van der Waals surface area contributed by atoms with Gasteiger partial charge in [-0.1, -0.05) is 26.8 Å². The summed E-state index contributed by atoms with van der Waals surface area (Å²) in [6.45, 7) is -7.14. The van der Waals surface area contributed by atoms with Crippen molar-refractivity contribution >= 4 is 16.7 Å². The molecule has 1 unspecified atom stereocenters. The number of rotatable bonds is 9. The van der Waals surface area contributed by atoms with Crippen molar-refractivity contribution in [2.45, 2.75) is 76.0 Å². The van der Waals surface area contributed by atoms with Crippen LogP contribution in [0.4, 0.5) is 13.2 Å². The zero-order valence-corrected chi connectivity index (χ0v) is 19.3. The molecule has 0 saturated heterocycles. The molecule has 0 spiro atoms. The quantitative estimate of drug-likeness (QED) is 0.406. The van der Waals surface area contributed by atoms with Crippen molar-refractivity contribution in [3.05, 3.63) is 59.0 Å². The Morgan fingerprint density at radius 3 is 2.73 bits per heavy atom. The van der Waals surface area contributed by atoms with Crippen LogP contribution in [0.3, 0.4) is 0 Å². The Balaban J connectivity index is 1.78. The number of Topliss-reactive ketones (excluding diaryl/α,β-unsaturated/α-hetero) is 1. The van der Waals surface area contributed by atoms with Crippen LogP contribution in [-0.2, 0) is 28.6 Å². The Labute approximate surface area is 233 Å². The van der Waals surface area contributed by atoms with E-state index in [0.29, 0.717) is 4.57 Å². The highest BCUT2D eigenvalue weighted by Crippen LogP contribution is 2.52. The maximum Gasteiger partial charge on any atom is 0.586 e. The lowest BCUT2D eigenvalue weighted by molar-refractivity contribution is -0.286. The number of ketones is 1. The number of nitrogens with zero attached hydrogens (tertiary/aromatic N) is 1. The number of halogens is 3. The van der Waals surface area contributed by atoms with Crippen LogP contribution >= 0.6 is 0 Å². The zero-order chi connectivity index (χ0) is 40.0. The summed E-state index contributed by atoms with van der Waals surface area (Å²) in [5.41, 5.74) is -9.18. The summed E-state index contributed by atoms with van der Waals surface area (Å²) in [7, 11) is 0. The maximum absolute atomic E-state index is 16.3. The van der Waals surface area contributed by atoms with E-state index in [-0.39, 0.29) is 0 Å².